The van der Waals surface area contributed by atoms with Gasteiger partial charge in [-0.15, -0.1) is 0 Å². The van der Waals surface area contributed by atoms with Crippen LogP contribution in [0.2, 0.25) is 0 Å². The van der Waals surface area contributed by atoms with Crippen LogP contribution in [0.4, 0.5) is 0 Å². The highest BCUT2D eigenvalue weighted by Crippen LogP contribution is 2.23. The van der Waals surface area contributed by atoms with Gasteiger partial charge in [0.2, 0.25) is 5.91 Å². The van der Waals surface area contributed by atoms with Gasteiger partial charge in [0.05, 0.1) is 12.6 Å². The average molecular weight is 290 g/mol. The molecule has 0 spiro atoms. The number of carbonyl (C=O) groups is 1. The minimum atomic E-state index is -0.0278. The third-order valence-electron chi connectivity index (χ3n) is 4.38. The molecule has 0 aliphatic heterocycles. The van der Waals surface area contributed by atoms with Gasteiger partial charge in [-0.3, -0.25) is 4.79 Å². The Hall–Kier alpha value is -1.55. The number of phenols is 1. The Morgan fingerprint density at radius 3 is 2.76 bits per heavy atom. The first-order chi connectivity index (χ1) is 10.1. The molecule has 1 unspecified atom stereocenters. The molecule has 116 valence electrons. The molecule has 0 aromatic heterocycles. The summed E-state index contributed by atoms with van der Waals surface area (Å²) in [6, 6.07) is 7.62. The molecular weight excluding hydrogens is 264 g/mol. The summed E-state index contributed by atoms with van der Waals surface area (Å²) in [5, 5.41) is 13.0. The highest BCUT2D eigenvalue weighted by molar-refractivity contribution is 5.78. The van der Waals surface area contributed by atoms with Crippen LogP contribution in [-0.4, -0.2) is 35.0 Å². The summed E-state index contributed by atoms with van der Waals surface area (Å²) in [5.41, 5.74) is 0.964. The monoisotopic (exact) mass is 290 g/mol. The predicted molar refractivity (Wildman–Crippen MR) is 84.2 cm³/mol. The Morgan fingerprint density at radius 1 is 1.43 bits per heavy atom. The molecule has 4 nitrogen and oxygen atoms in total. The summed E-state index contributed by atoms with van der Waals surface area (Å²) < 4.78 is 0. The van der Waals surface area contributed by atoms with Gasteiger partial charge < -0.3 is 15.3 Å². The molecule has 2 rings (SSSR count). The summed E-state index contributed by atoms with van der Waals surface area (Å²) in [5.74, 6) is 0.368. The van der Waals surface area contributed by atoms with Crippen LogP contribution in [0.1, 0.15) is 51.1 Å². The summed E-state index contributed by atoms with van der Waals surface area (Å²) in [6.45, 7) is 5.07. The largest absolute Gasteiger partial charge is 0.508 e. The van der Waals surface area contributed by atoms with E-state index >= 15 is 0 Å². The maximum Gasteiger partial charge on any atom is 0.237 e. The lowest BCUT2D eigenvalue weighted by atomic mass is 10.1. The Labute approximate surface area is 127 Å². The Kier molecular flexibility index (Phi) is 5.62. The van der Waals surface area contributed by atoms with Gasteiger partial charge in [-0.05, 0) is 44.4 Å². The number of nitrogens with zero attached hydrogens (tertiary/aromatic N) is 1. The number of amides is 1. The van der Waals surface area contributed by atoms with Gasteiger partial charge in [-0.1, -0.05) is 25.0 Å². The summed E-state index contributed by atoms with van der Waals surface area (Å²) >= 11 is 0. The zero-order valence-electron chi connectivity index (χ0n) is 13.0. The first-order valence-corrected chi connectivity index (χ1v) is 7.93. The molecule has 1 aliphatic rings. The quantitative estimate of drug-likeness (QED) is 0.847. The molecule has 1 aromatic rings. The van der Waals surface area contributed by atoms with Crippen molar-refractivity contribution in [3.63, 3.8) is 0 Å². The van der Waals surface area contributed by atoms with E-state index in [4.69, 9.17) is 0 Å². The van der Waals surface area contributed by atoms with E-state index in [0.717, 1.165) is 5.56 Å². The van der Waals surface area contributed by atoms with Crippen molar-refractivity contribution in [2.75, 3.05) is 13.1 Å². The van der Waals surface area contributed by atoms with E-state index in [1.165, 1.54) is 25.7 Å². The summed E-state index contributed by atoms with van der Waals surface area (Å²) in [4.78, 5) is 14.3. The topological polar surface area (TPSA) is 52.6 Å². The van der Waals surface area contributed by atoms with Crippen LogP contribution in [0.15, 0.2) is 24.3 Å². The molecule has 1 aliphatic carbocycles. The van der Waals surface area contributed by atoms with E-state index in [1.807, 2.05) is 30.9 Å². The van der Waals surface area contributed by atoms with Gasteiger partial charge in [0.1, 0.15) is 5.75 Å². The van der Waals surface area contributed by atoms with Crippen LogP contribution in [0, 0.1) is 0 Å². The van der Waals surface area contributed by atoms with Gasteiger partial charge in [-0.2, -0.15) is 0 Å². The molecule has 1 atom stereocenters. The van der Waals surface area contributed by atoms with Gasteiger partial charge >= 0.3 is 0 Å². The molecule has 1 aromatic carbocycles. The second-order valence-electron chi connectivity index (χ2n) is 5.81. The molecule has 0 radical (unpaired) electrons. The van der Waals surface area contributed by atoms with Crippen molar-refractivity contribution in [2.45, 2.75) is 51.6 Å². The van der Waals surface area contributed by atoms with Gasteiger partial charge in [0, 0.05) is 12.6 Å². The van der Waals surface area contributed by atoms with E-state index in [-0.39, 0.29) is 17.7 Å². The number of likely N-dealkylation sites (N-methyl/N-ethyl adjacent to an activating group) is 1. The highest BCUT2D eigenvalue weighted by Gasteiger charge is 2.22. The standard InChI is InChI=1S/C17H26N2O2/c1-3-19(13(2)14-7-6-10-16(20)11-14)17(21)12-18-15-8-4-5-9-15/h6-7,10-11,13,15,18,20H,3-5,8-9,12H2,1-2H3. The second-order valence-corrected chi connectivity index (χ2v) is 5.81. The molecule has 4 heteroatoms. The van der Waals surface area contributed by atoms with E-state index in [0.29, 0.717) is 19.1 Å². The fraction of sp³-hybridized carbons (Fsp3) is 0.588. The van der Waals surface area contributed by atoms with Crippen molar-refractivity contribution >= 4 is 5.91 Å². The average Bonchev–Trinajstić information content (AvgIpc) is 2.99. The van der Waals surface area contributed by atoms with E-state index < -0.39 is 0 Å². The number of phenolic OH excluding ortho intramolecular Hbond substituents is 1. The fourth-order valence-corrected chi connectivity index (χ4v) is 3.09. The van der Waals surface area contributed by atoms with Gasteiger partial charge in [0.15, 0.2) is 0 Å². The number of benzene rings is 1. The normalized spacial score (nSPS) is 16.9. The number of aromatic hydroxyl groups is 1. The fourth-order valence-electron chi connectivity index (χ4n) is 3.09. The molecule has 0 saturated heterocycles. The van der Waals surface area contributed by atoms with Crippen LogP contribution in [-0.2, 0) is 4.79 Å². The maximum atomic E-state index is 12.4. The first-order valence-electron chi connectivity index (χ1n) is 7.93. The summed E-state index contributed by atoms with van der Waals surface area (Å²) in [7, 11) is 0. The van der Waals surface area contributed by atoms with Crippen molar-refractivity contribution in [1.82, 2.24) is 10.2 Å². The van der Waals surface area contributed by atoms with Crippen molar-refractivity contribution in [2.24, 2.45) is 0 Å². The third-order valence-corrected chi connectivity index (χ3v) is 4.38. The molecule has 21 heavy (non-hydrogen) atoms. The zero-order chi connectivity index (χ0) is 15.2. The van der Waals surface area contributed by atoms with Crippen molar-refractivity contribution < 1.29 is 9.90 Å². The van der Waals surface area contributed by atoms with Crippen LogP contribution >= 0.6 is 0 Å². The SMILES string of the molecule is CCN(C(=O)CNC1CCCC1)C(C)c1cccc(O)c1. The van der Waals surface area contributed by atoms with E-state index in [2.05, 4.69) is 5.32 Å². The molecule has 1 fully saturated rings. The van der Waals surface area contributed by atoms with Crippen molar-refractivity contribution in [1.29, 1.82) is 0 Å². The van der Waals surface area contributed by atoms with Crippen molar-refractivity contribution in [3.05, 3.63) is 29.8 Å². The molecule has 1 amide bonds. The third kappa shape index (κ3) is 4.21. The Bertz CT molecular complexity index is 470. The Balaban J connectivity index is 1.95. The van der Waals surface area contributed by atoms with Crippen LogP contribution in [0.25, 0.3) is 0 Å². The number of nitrogens with one attached hydrogen (secondary N) is 1. The molecule has 1 saturated carbocycles. The number of hydrogen-bond donors (Lipinski definition) is 2. The molecule has 0 heterocycles. The van der Waals surface area contributed by atoms with E-state index in [9.17, 15) is 9.90 Å². The van der Waals surface area contributed by atoms with Crippen LogP contribution < -0.4 is 5.32 Å². The van der Waals surface area contributed by atoms with Crippen LogP contribution in [0.3, 0.4) is 0 Å². The minimum Gasteiger partial charge on any atom is -0.508 e. The number of rotatable bonds is 6. The lowest BCUT2D eigenvalue weighted by Crippen LogP contribution is -2.42. The second kappa shape index (κ2) is 7.46. The number of carbonyl (C=O) groups excluding carboxylic acids is 1. The smallest absolute Gasteiger partial charge is 0.237 e. The summed E-state index contributed by atoms with van der Waals surface area (Å²) in [6.07, 6.45) is 4.90. The first kappa shape index (κ1) is 15.8. The van der Waals surface area contributed by atoms with Gasteiger partial charge in [-0.25, -0.2) is 0 Å². The molecule has 2 N–H and O–H groups in total. The molecule has 0 bridgehead atoms. The van der Waals surface area contributed by atoms with Gasteiger partial charge in [0.25, 0.3) is 0 Å². The predicted octanol–water partition coefficient (Wildman–Crippen LogP) is 2.83. The van der Waals surface area contributed by atoms with Crippen LogP contribution in [0.5, 0.6) is 5.75 Å². The zero-order valence-corrected chi connectivity index (χ0v) is 13.0. The minimum absolute atomic E-state index is 0.0278. The Morgan fingerprint density at radius 2 is 2.14 bits per heavy atom. The lowest BCUT2D eigenvalue weighted by Gasteiger charge is -2.29. The highest BCUT2D eigenvalue weighted by atomic mass is 16.3. The van der Waals surface area contributed by atoms with Crippen molar-refractivity contribution in [3.8, 4) is 5.75 Å². The lowest BCUT2D eigenvalue weighted by molar-refractivity contribution is -0.132. The number of hydrogen-bond acceptors (Lipinski definition) is 3. The molecular formula is C17H26N2O2. The maximum absolute atomic E-state index is 12.4. The van der Waals surface area contributed by atoms with E-state index in [1.54, 1.807) is 12.1 Å².